The zero-order valence-corrected chi connectivity index (χ0v) is 14.6. The summed E-state index contributed by atoms with van der Waals surface area (Å²) in [7, 11) is 0. The van der Waals surface area contributed by atoms with Crippen LogP contribution in [0.15, 0.2) is 24.5 Å². The Morgan fingerprint density at radius 2 is 1.84 bits per heavy atom. The topological polar surface area (TPSA) is 87.1 Å². The molecular weight excluding hydrogens is 318 g/mol. The minimum Gasteiger partial charge on any atom is -0.355 e. The lowest BCUT2D eigenvalue weighted by atomic mass is 10.2. The number of piperazine rings is 1. The highest BCUT2D eigenvalue weighted by Gasteiger charge is 2.22. The van der Waals surface area contributed by atoms with Gasteiger partial charge in [0, 0.05) is 45.1 Å². The Balaban J connectivity index is 1.51. The molecule has 1 N–H and O–H groups in total. The van der Waals surface area contributed by atoms with Crippen LogP contribution in [0.4, 0.5) is 11.8 Å². The first-order chi connectivity index (χ1) is 12.2. The van der Waals surface area contributed by atoms with Crippen LogP contribution in [0.5, 0.6) is 0 Å². The first-order valence-electron chi connectivity index (χ1n) is 8.53. The third-order valence-electron chi connectivity index (χ3n) is 4.14. The van der Waals surface area contributed by atoms with Gasteiger partial charge >= 0.3 is 0 Å². The Bertz CT molecular complexity index is 694. The third-order valence-corrected chi connectivity index (χ3v) is 4.14. The summed E-state index contributed by atoms with van der Waals surface area (Å²) in [4.78, 5) is 24.9. The molecule has 2 aromatic rings. The van der Waals surface area contributed by atoms with E-state index in [0.29, 0.717) is 25.5 Å². The molecule has 1 aliphatic heterocycles. The van der Waals surface area contributed by atoms with E-state index in [2.05, 4.69) is 30.4 Å². The van der Waals surface area contributed by atoms with Crippen molar-refractivity contribution >= 4 is 17.7 Å². The summed E-state index contributed by atoms with van der Waals surface area (Å²) in [5, 5.41) is 11.3. The number of aromatic nitrogens is 4. The highest BCUT2D eigenvalue weighted by molar-refractivity contribution is 5.79. The SMILES string of the molecule is CCNc1ncc(CC(=O)N2CCN(c3ccc(C)nn3)CC2)cn1. The molecule has 0 atom stereocenters. The molecule has 3 heterocycles. The van der Waals surface area contributed by atoms with Crippen LogP contribution in [0.2, 0.25) is 0 Å². The molecule has 0 spiro atoms. The summed E-state index contributed by atoms with van der Waals surface area (Å²) in [6.07, 6.45) is 3.75. The van der Waals surface area contributed by atoms with Gasteiger partial charge in [-0.25, -0.2) is 9.97 Å². The first-order valence-corrected chi connectivity index (χ1v) is 8.53. The van der Waals surface area contributed by atoms with E-state index in [1.165, 1.54) is 0 Å². The highest BCUT2D eigenvalue weighted by atomic mass is 16.2. The minimum atomic E-state index is 0.106. The number of hydrogen-bond donors (Lipinski definition) is 1. The van der Waals surface area contributed by atoms with Gasteiger partial charge in [0.05, 0.1) is 12.1 Å². The molecule has 8 heteroatoms. The van der Waals surface area contributed by atoms with E-state index in [4.69, 9.17) is 0 Å². The van der Waals surface area contributed by atoms with E-state index in [9.17, 15) is 4.79 Å². The zero-order valence-electron chi connectivity index (χ0n) is 14.6. The van der Waals surface area contributed by atoms with E-state index >= 15 is 0 Å². The number of nitrogens with one attached hydrogen (secondary N) is 1. The lowest BCUT2D eigenvalue weighted by molar-refractivity contribution is -0.130. The quantitative estimate of drug-likeness (QED) is 0.864. The van der Waals surface area contributed by atoms with Crippen molar-refractivity contribution in [1.82, 2.24) is 25.1 Å². The van der Waals surface area contributed by atoms with Crippen molar-refractivity contribution < 1.29 is 4.79 Å². The highest BCUT2D eigenvalue weighted by Crippen LogP contribution is 2.13. The second-order valence-corrected chi connectivity index (χ2v) is 6.02. The number of anilines is 2. The number of aryl methyl sites for hydroxylation is 1. The first kappa shape index (κ1) is 17.1. The molecule has 8 nitrogen and oxygen atoms in total. The lowest BCUT2D eigenvalue weighted by Gasteiger charge is -2.35. The summed E-state index contributed by atoms with van der Waals surface area (Å²) in [6, 6.07) is 3.93. The Labute approximate surface area is 147 Å². The summed E-state index contributed by atoms with van der Waals surface area (Å²) in [5.74, 6) is 1.56. The van der Waals surface area contributed by atoms with Gasteiger partial charge < -0.3 is 15.1 Å². The summed E-state index contributed by atoms with van der Waals surface area (Å²) >= 11 is 0. The summed E-state index contributed by atoms with van der Waals surface area (Å²) in [6.45, 7) is 7.58. The molecule has 0 bridgehead atoms. The van der Waals surface area contributed by atoms with Crippen LogP contribution in [-0.4, -0.2) is 63.7 Å². The van der Waals surface area contributed by atoms with Gasteiger partial charge in [-0.3, -0.25) is 4.79 Å². The van der Waals surface area contributed by atoms with Crippen molar-refractivity contribution in [3.05, 3.63) is 35.8 Å². The lowest BCUT2D eigenvalue weighted by Crippen LogP contribution is -2.49. The van der Waals surface area contributed by atoms with Gasteiger partial charge in [-0.1, -0.05) is 0 Å². The molecule has 132 valence electrons. The van der Waals surface area contributed by atoms with Crippen LogP contribution in [-0.2, 0) is 11.2 Å². The molecule has 1 fully saturated rings. The maximum absolute atomic E-state index is 12.5. The van der Waals surface area contributed by atoms with Crippen LogP contribution in [0.1, 0.15) is 18.2 Å². The molecule has 0 aromatic carbocycles. The predicted octanol–water partition coefficient (Wildman–Crippen LogP) is 0.898. The van der Waals surface area contributed by atoms with Crippen LogP contribution in [0, 0.1) is 6.92 Å². The van der Waals surface area contributed by atoms with Crippen molar-refractivity contribution in [2.24, 2.45) is 0 Å². The van der Waals surface area contributed by atoms with Crippen molar-refractivity contribution in [2.75, 3.05) is 42.9 Å². The molecule has 3 rings (SSSR count). The van der Waals surface area contributed by atoms with Crippen LogP contribution < -0.4 is 10.2 Å². The van der Waals surface area contributed by atoms with Crippen molar-refractivity contribution in [1.29, 1.82) is 0 Å². The number of hydrogen-bond acceptors (Lipinski definition) is 7. The number of rotatable bonds is 5. The Hall–Kier alpha value is -2.77. The van der Waals surface area contributed by atoms with Crippen molar-refractivity contribution in [3.63, 3.8) is 0 Å². The van der Waals surface area contributed by atoms with Crippen LogP contribution in [0.25, 0.3) is 0 Å². The monoisotopic (exact) mass is 341 g/mol. The van der Waals surface area contributed by atoms with Gasteiger partial charge in [0.2, 0.25) is 11.9 Å². The molecule has 0 radical (unpaired) electrons. The molecule has 0 saturated carbocycles. The van der Waals surface area contributed by atoms with Crippen LogP contribution >= 0.6 is 0 Å². The van der Waals surface area contributed by atoms with Crippen LogP contribution in [0.3, 0.4) is 0 Å². The zero-order chi connectivity index (χ0) is 17.6. The second-order valence-electron chi connectivity index (χ2n) is 6.02. The molecular formula is C17H23N7O. The van der Waals surface area contributed by atoms with E-state index in [1.54, 1.807) is 12.4 Å². The molecule has 1 saturated heterocycles. The molecule has 0 aliphatic carbocycles. The van der Waals surface area contributed by atoms with Crippen molar-refractivity contribution in [2.45, 2.75) is 20.3 Å². The summed E-state index contributed by atoms with van der Waals surface area (Å²) in [5.41, 5.74) is 1.73. The Morgan fingerprint density at radius 3 is 2.44 bits per heavy atom. The minimum absolute atomic E-state index is 0.106. The van der Waals surface area contributed by atoms with E-state index in [0.717, 1.165) is 36.7 Å². The number of amides is 1. The fraction of sp³-hybridized carbons (Fsp3) is 0.471. The smallest absolute Gasteiger partial charge is 0.227 e. The molecule has 2 aromatic heterocycles. The normalized spacial score (nSPS) is 14.5. The average Bonchev–Trinajstić information content (AvgIpc) is 2.64. The molecule has 1 aliphatic rings. The van der Waals surface area contributed by atoms with Gasteiger partial charge in [0.1, 0.15) is 0 Å². The van der Waals surface area contributed by atoms with Gasteiger partial charge in [-0.05, 0) is 31.5 Å². The van der Waals surface area contributed by atoms with E-state index in [-0.39, 0.29) is 5.91 Å². The molecule has 25 heavy (non-hydrogen) atoms. The summed E-state index contributed by atoms with van der Waals surface area (Å²) < 4.78 is 0. The maximum atomic E-state index is 12.5. The Morgan fingerprint density at radius 1 is 1.12 bits per heavy atom. The third kappa shape index (κ3) is 4.40. The van der Waals surface area contributed by atoms with E-state index < -0.39 is 0 Å². The van der Waals surface area contributed by atoms with E-state index in [1.807, 2.05) is 30.9 Å². The van der Waals surface area contributed by atoms with Gasteiger partial charge in [-0.2, -0.15) is 5.10 Å². The largest absolute Gasteiger partial charge is 0.355 e. The second kappa shape index (κ2) is 7.87. The maximum Gasteiger partial charge on any atom is 0.227 e. The fourth-order valence-electron chi connectivity index (χ4n) is 2.73. The van der Waals surface area contributed by atoms with Gasteiger partial charge in [0.25, 0.3) is 0 Å². The number of carbonyl (C=O) groups excluding carboxylic acids is 1. The Kier molecular flexibility index (Phi) is 5.37. The number of nitrogens with zero attached hydrogens (tertiary/aromatic N) is 6. The molecule has 0 unspecified atom stereocenters. The number of carbonyl (C=O) groups is 1. The molecule has 1 amide bonds. The van der Waals surface area contributed by atoms with Gasteiger partial charge in [0.15, 0.2) is 5.82 Å². The fourth-order valence-corrected chi connectivity index (χ4v) is 2.73. The van der Waals surface area contributed by atoms with Crippen molar-refractivity contribution in [3.8, 4) is 0 Å². The van der Waals surface area contributed by atoms with Gasteiger partial charge in [-0.15, -0.1) is 5.10 Å². The average molecular weight is 341 g/mol. The predicted molar refractivity (Wildman–Crippen MR) is 95.5 cm³/mol. The standard InChI is InChI=1S/C17H23N7O/c1-3-18-17-19-11-14(12-20-17)10-16(25)24-8-6-23(7-9-24)15-5-4-13(2)21-22-15/h4-5,11-12H,3,6-10H2,1-2H3,(H,18,19,20).